The van der Waals surface area contributed by atoms with Gasteiger partial charge in [-0.2, -0.15) is 5.10 Å². The van der Waals surface area contributed by atoms with E-state index in [-0.39, 0.29) is 18.2 Å². The lowest BCUT2D eigenvalue weighted by Gasteiger charge is -2.24. The van der Waals surface area contributed by atoms with Crippen molar-refractivity contribution < 1.29 is 14.3 Å². The maximum atomic E-state index is 12.9. The zero-order chi connectivity index (χ0) is 20.4. The van der Waals surface area contributed by atoms with Crippen molar-refractivity contribution in [2.24, 2.45) is 5.92 Å². The maximum absolute atomic E-state index is 12.9. The van der Waals surface area contributed by atoms with E-state index in [1.54, 1.807) is 36.4 Å². The minimum Gasteiger partial charge on any atom is -0.495 e. The Bertz CT molecular complexity index is 907. The van der Waals surface area contributed by atoms with Crippen LogP contribution in [0.25, 0.3) is 0 Å². The summed E-state index contributed by atoms with van der Waals surface area (Å²) in [6, 6.07) is 7.27. The molecule has 1 aliphatic heterocycles. The van der Waals surface area contributed by atoms with Crippen LogP contribution in [-0.2, 0) is 9.59 Å². The topological polar surface area (TPSA) is 76.5 Å². The van der Waals surface area contributed by atoms with E-state index >= 15 is 0 Å². The van der Waals surface area contributed by atoms with Crippen molar-refractivity contribution in [1.29, 1.82) is 0 Å². The number of hydrogen-bond acceptors (Lipinski definition) is 4. The van der Waals surface area contributed by atoms with Crippen LogP contribution in [0.1, 0.15) is 44.6 Å². The van der Waals surface area contributed by atoms with Crippen LogP contribution in [0.5, 0.6) is 5.75 Å². The second-order valence-corrected chi connectivity index (χ2v) is 8.10. The molecular formula is C21H25ClN4O3. The predicted octanol–water partition coefficient (Wildman–Crippen LogP) is 4.04. The summed E-state index contributed by atoms with van der Waals surface area (Å²) in [5.74, 6) is 0.527. The van der Waals surface area contributed by atoms with Crippen LogP contribution in [0.15, 0.2) is 30.5 Å². The molecule has 7 nitrogen and oxygen atoms in total. The maximum Gasteiger partial charge on any atom is 0.230 e. The summed E-state index contributed by atoms with van der Waals surface area (Å²) < 4.78 is 7.28. The standard InChI is InChI=1S/C21H25ClN4O3/c1-29-18-8-7-15(22)12-17(18)25-13-14(11-20(25)27)21(28)24-19-9-10-23-26(19)16-5-3-2-4-6-16/h7-10,12,14,16H,2-6,11,13H2,1H3,(H,24,28). The number of carbonyl (C=O) groups excluding carboxylic acids is 2. The molecule has 8 heteroatoms. The Morgan fingerprint density at radius 1 is 1.24 bits per heavy atom. The number of rotatable bonds is 5. The van der Waals surface area contributed by atoms with Crippen molar-refractivity contribution in [3.05, 3.63) is 35.5 Å². The summed E-state index contributed by atoms with van der Waals surface area (Å²) >= 11 is 6.10. The molecule has 1 saturated heterocycles. The van der Waals surface area contributed by atoms with Gasteiger partial charge in [0.25, 0.3) is 0 Å². The van der Waals surface area contributed by atoms with E-state index in [4.69, 9.17) is 16.3 Å². The lowest BCUT2D eigenvalue weighted by molar-refractivity contribution is -0.122. The van der Waals surface area contributed by atoms with Gasteiger partial charge in [0, 0.05) is 24.1 Å². The fraction of sp³-hybridized carbons (Fsp3) is 0.476. The van der Waals surface area contributed by atoms with Crippen molar-refractivity contribution in [2.75, 3.05) is 23.9 Å². The highest BCUT2D eigenvalue weighted by Gasteiger charge is 2.37. The molecule has 1 aromatic heterocycles. The molecule has 154 valence electrons. The van der Waals surface area contributed by atoms with Gasteiger partial charge in [0.05, 0.1) is 31.0 Å². The molecule has 2 aliphatic rings. The smallest absolute Gasteiger partial charge is 0.230 e. The third-order valence-electron chi connectivity index (χ3n) is 5.77. The monoisotopic (exact) mass is 416 g/mol. The third-order valence-corrected chi connectivity index (χ3v) is 6.00. The van der Waals surface area contributed by atoms with Crippen LogP contribution >= 0.6 is 11.6 Å². The first-order valence-corrected chi connectivity index (χ1v) is 10.4. The van der Waals surface area contributed by atoms with Gasteiger partial charge in [-0.1, -0.05) is 30.9 Å². The Labute approximate surface area is 175 Å². The Balaban J connectivity index is 1.47. The molecule has 4 rings (SSSR count). The van der Waals surface area contributed by atoms with E-state index in [0.29, 0.717) is 34.9 Å². The minimum absolute atomic E-state index is 0.119. The lowest BCUT2D eigenvalue weighted by atomic mass is 9.96. The van der Waals surface area contributed by atoms with Crippen molar-refractivity contribution in [2.45, 2.75) is 44.6 Å². The zero-order valence-corrected chi connectivity index (χ0v) is 17.2. The number of benzene rings is 1. The first kappa shape index (κ1) is 19.8. The molecule has 1 aromatic carbocycles. The van der Waals surface area contributed by atoms with Gasteiger partial charge < -0.3 is 15.0 Å². The van der Waals surface area contributed by atoms with Crippen molar-refractivity contribution in [3.8, 4) is 5.75 Å². The van der Waals surface area contributed by atoms with Gasteiger partial charge in [-0.15, -0.1) is 0 Å². The van der Waals surface area contributed by atoms with E-state index in [1.807, 2.05) is 10.7 Å². The number of halogens is 1. The molecule has 2 fully saturated rings. The number of amides is 2. The quantitative estimate of drug-likeness (QED) is 0.797. The lowest BCUT2D eigenvalue weighted by Crippen LogP contribution is -2.29. The van der Waals surface area contributed by atoms with E-state index in [2.05, 4.69) is 10.4 Å². The fourth-order valence-corrected chi connectivity index (χ4v) is 4.41. The number of nitrogens with one attached hydrogen (secondary N) is 1. The minimum atomic E-state index is -0.444. The van der Waals surface area contributed by atoms with Gasteiger partial charge in [-0.3, -0.25) is 9.59 Å². The van der Waals surface area contributed by atoms with Gasteiger partial charge in [0.15, 0.2) is 0 Å². The average molecular weight is 417 g/mol. The Morgan fingerprint density at radius 2 is 2.03 bits per heavy atom. The summed E-state index contributed by atoms with van der Waals surface area (Å²) in [6.07, 6.45) is 7.65. The van der Waals surface area contributed by atoms with Crippen LogP contribution in [0.2, 0.25) is 5.02 Å². The molecule has 1 atom stereocenters. The van der Waals surface area contributed by atoms with Crippen molar-refractivity contribution in [1.82, 2.24) is 9.78 Å². The van der Waals surface area contributed by atoms with Gasteiger partial charge in [0.1, 0.15) is 11.6 Å². The van der Waals surface area contributed by atoms with Gasteiger partial charge >= 0.3 is 0 Å². The third kappa shape index (κ3) is 4.10. The molecule has 2 heterocycles. The van der Waals surface area contributed by atoms with E-state index in [0.717, 1.165) is 12.8 Å². The van der Waals surface area contributed by atoms with Crippen LogP contribution in [0, 0.1) is 5.92 Å². The van der Waals surface area contributed by atoms with Gasteiger partial charge in [-0.25, -0.2) is 4.68 Å². The summed E-state index contributed by atoms with van der Waals surface area (Å²) in [5, 5.41) is 7.92. The summed E-state index contributed by atoms with van der Waals surface area (Å²) in [6.45, 7) is 0.291. The largest absolute Gasteiger partial charge is 0.495 e. The first-order valence-electron chi connectivity index (χ1n) is 10.0. The van der Waals surface area contributed by atoms with Crippen LogP contribution in [-0.4, -0.2) is 35.2 Å². The molecule has 2 aromatic rings. The second-order valence-electron chi connectivity index (χ2n) is 7.66. The average Bonchev–Trinajstić information content (AvgIpc) is 3.35. The number of anilines is 2. The Hall–Kier alpha value is -2.54. The molecule has 1 unspecified atom stereocenters. The van der Waals surface area contributed by atoms with Crippen molar-refractivity contribution >= 4 is 34.9 Å². The highest BCUT2D eigenvalue weighted by Crippen LogP contribution is 2.36. The highest BCUT2D eigenvalue weighted by molar-refractivity contribution is 6.31. The number of nitrogens with zero attached hydrogens (tertiary/aromatic N) is 3. The summed E-state index contributed by atoms with van der Waals surface area (Å²) in [4.78, 5) is 27.1. The van der Waals surface area contributed by atoms with E-state index < -0.39 is 5.92 Å². The molecule has 0 bridgehead atoms. The van der Waals surface area contributed by atoms with Crippen LogP contribution in [0.4, 0.5) is 11.5 Å². The van der Waals surface area contributed by atoms with Gasteiger partial charge in [0.2, 0.25) is 11.8 Å². The molecule has 1 aliphatic carbocycles. The summed E-state index contributed by atoms with van der Waals surface area (Å²) in [7, 11) is 1.55. The SMILES string of the molecule is COc1ccc(Cl)cc1N1CC(C(=O)Nc2ccnn2C2CCCCC2)CC1=O. The number of hydrogen-bond donors (Lipinski definition) is 1. The number of aromatic nitrogens is 2. The highest BCUT2D eigenvalue weighted by atomic mass is 35.5. The molecular weight excluding hydrogens is 392 g/mol. The first-order chi connectivity index (χ1) is 14.1. The van der Waals surface area contributed by atoms with E-state index in [1.165, 1.54) is 19.3 Å². The summed E-state index contributed by atoms with van der Waals surface area (Å²) in [5.41, 5.74) is 0.590. The second kappa shape index (κ2) is 8.45. The van der Waals surface area contributed by atoms with Gasteiger partial charge in [-0.05, 0) is 31.0 Å². The molecule has 1 N–H and O–H groups in total. The molecule has 29 heavy (non-hydrogen) atoms. The zero-order valence-electron chi connectivity index (χ0n) is 16.4. The molecule has 2 amide bonds. The van der Waals surface area contributed by atoms with Crippen molar-refractivity contribution in [3.63, 3.8) is 0 Å². The Kier molecular flexibility index (Phi) is 5.76. The van der Waals surface area contributed by atoms with Crippen LogP contribution in [0.3, 0.4) is 0 Å². The Morgan fingerprint density at radius 3 is 2.79 bits per heavy atom. The molecule has 0 radical (unpaired) electrons. The predicted molar refractivity (Wildman–Crippen MR) is 111 cm³/mol. The van der Waals surface area contributed by atoms with Crippen LogP contribution < -0.4 is 15.0 Å². The van der Waals surface area contributed by atoms with E-state index in [9.17, 15) is 9.59 Å². The molecule has 1 saturated carbocycles. The fourth-order valence-electron chi connectivity index (χ4n) is 4.25. The number of carbonyl (C=O) groups is 2. The number of ether oxygens (including phenoxy) is 1. The number of methoxy groups -OCH3 is 1. The normalized spacial score (nSPS) is 20.1. The molecule has 0 spiro atoms.